The minimum Gasteiger partial charge on any atom is -0.390 e. The molecule has 35 heavy (non-hydrogen) atoms. The van der Waals surface area contributed by atoms with E-state index in [9.17, 15) is 10.2 Å². The SMILES string of the molecule is CN(C)C1CC23CCC4(O2)C2CC=C(c5ccc6n[nH]nc6c5)C2(C)CCC4(F)CC3C(O)C1O. The second-order valence-electron chi connectivity index (χ2n) is 12.4. The Morgan fingerprint density at radius 3 is 2.66 bits per heavy atom. The lowest BCUT2D eigenvalue weighted by molar-refractivity contribution is -0.314. The molecule has 7 rings (SSSR count). The molecule has 4 fully saturated rings. The minimum atomic E-state index is -1.49. The van der Waals surface area contributed by atoms with Gasteiger partial charge in [0, 0.05) is 17.9 Å². The maximum atomic E-state index is 17.2. The molecule has 0 radical (unpaired) electrons. The molecule has 3 aliphatic carbocycles. The number of rotatable bonds is 2. The first kappa shape index (κ1) is 22.3. The van der Waals surface area contributed by atoms with Gasteiger partial charge in [0.25, 0.3) is 0 Å². The summed E-state index contributed by atoms with van der Waals surface area (Å²) in [5, 5.41) is 33.2. The number of hydrogen-bond acceptors (Lipinski definition) is 6. The lowest BCUT2D eigenvalue weighted by Gasteiger charge is -2.64. The van der Waals surface area contributed by atoms with Gasteiger partial charge in [-0.3, -0.25) is 0 Å². The number of hydrogen-bond donors (Lipinski definition) is 3. The first-order valence-corrected chi connectivity index (χ1v) is 13.1. The predicted molar refractivity (Wildman–Crippen MR) is 129 cm³/mol. The van der Waals surface area contributed by atoms with E-state index in [-0.39, 0.29) is 29.7 Å². The average molecular weight is 483 g/mol. The Morgan fingerprint density at radius 1 is 1.06 bits per heavy atom. The fraction of sp³-hybridized carbons (Fsp3) is 0.704. The number of aromatic amines is 1. The van der Waals surface area contributed by atoms with E-state index in [0.29, 0.717) is 19.3 Å². The summed E-state index contributed by atoms with van der Waals surface area (Å²) in [7, 11) is 3.86. The summed E-state index contributed by atoms with van der Waals surface area (Å²) in [4.78, 5) is 1.98. The third kappa shape index (κ3) is 2.64. The van der Waals surface area contributed by atoms with Crippen LogP contribution in [0.15, 0.2) is 24.3 Å². The van der Waals surface area contributed by atoms with Gasteiger partial charge in [-0.05, 0) is 87.7 Å². The molecule has 7 nitrogen and oxygen atoms in total. The summed E-state index contributed by atoms with van der Waals surface area (Å²) in [5.74, 6) is -0.332. The van der Waals surface area contributed by atoms with Crippen LogP contribution >= 0.6 is 0 Å². The summed E-state index contributed by atoms with van der Waals surface area (Å²) in [6, 6.07) is 5.98. The van der Waals surface area contributed by atoms with Crippen molar-refractivity contribution >= 4 is 16.6 Å². The summed E-state index contributed by atoms with van der Waals surface area (Å²) < 4.78 is 24.2. The van der Waals surface area contributed by atoms with E-state index in [0.717, 1.165) is 35.9 Å². The van der Waals surface area contributed by atoms with Gasteiger partial charge in [-0.1, -0.05) is 19.1 Å². The smallest absolute Gasteiger partial charge is 0.140 e. The Hall–Kier alpha value is -1.87. The number of alkyl halides is 1. The van der Waals surface area contributed by atoms with Gasteiger partial charge in [0.15, 0.2) is 0 Å². The lowest BCUT2D eigenvalue weighted by atomic mass is 9.51. The molecule has 2 spiro atoms. The first-order chi connectivity index (χ1) is 16.6. The van der Waals surface area contributed by atoms with E-state index in [1.165, 1.54) is 5.57 Å². The van der Waals surface area contributed by atoms with Gasteiger partial charge in [-0.25, -0.2) is 4.39 Å². The van der Waals surface area contributed by atoms with E-state index in [1.54, 1.807) is 0 Å². The average Bonchev–Trinajstić information content (AvgIpc) is 3.52. The number of H-pyrrole nitrogens is 1. The number of aliphatic hydroxyl groups is 2. The molecule has 1 aromatic heterocycles. The van der Waals surface area contributed by atoms with Crippen LogP contribution in [-0.4, -0.2) is 79.7 Å². The molecule has 9 atom stereocenters. The maximum Gasteiger partial charge on any atom is 0.140 e. The summed E-state index contributed by atoms with van der Waals surface area (Å²) in [6.07, 6.45) is 4.70. The maximum absolute atomic E-state index is 17.2. The van der Waals surface area contributed by atoms with Crippen molar-refractivity contribution in [3.8, 4) is 0 Å². The van der Waals surface area contributed by atoms with Crippen LogP contribution in [0.4, 0.5) is 4.39 Å². The van der Waals surface area contributed by atoms with Crippen molar-refractivity contribution in [3.05, 3.63) is 29.8 Å². The van der Waals surface area contributed by atoms with Crippen molar-refractivity contribution in [1.29, 1.82) is 0 Å². The van der Waals surface area contributed by atoms with Crippen molar-refractivity contribution in [2.75, 3.05) is 14.1 Å². The van der Waals surface area contributed by atoms with Crippen molar-refractivity contribution in [2.45, 2.75) is 87.0 Å². The highest BCUT2D eigenvalue weighted by atomic mass is 19.1. The lowest BCUT2D eigenvalue weighted by Crippen LogP contribution is -2.72. The normalized spacial score (nSPS) is 48.5. The molecular formula is C27H35FN4O3. The Labute approximate surface area is 204 Å². The molecule has 3 N–H and O–H groups in total. The van der Waals surface area contributed by atoms with Gasteiger partial charge < -0.3 is 19.8 Å². The number of fused-ring (bicyclic) bond motifs is 2. The Bertz CT molecular complexity index is 1230. The number of aliphatic hydroxyl groups excluding tert-OH is 2. The molecule has 2 bridgehead atoms. The van der Waals surface area contributed by atoms with Crippen LogP contribution < -0.4 is 0 Å². The highest BCUT2D eigenvalue weighted by Crippen LogP contribution is 2.72. The number of ether oxygens (including phenoxy) is 1. The molecule has 1 aromatic carbocycles. The quantitative estimate of drug-likeness (QED) is 0.609. The summed E-state index contributed by atoms with van der Waals surface area (Å²) in [6.45, 7) is 2.29. The topological polar surface area (TPSA) is 94.5 Å². The van der Waals surface area contributed by atoms with Crippen LogP contribution in [0.3, 0.4) is 0 Å². The second-order valence-corrected chi connectivity index (χ2v) is 12.4. The van der Waals surface area contributed by atoms with Crippen LogP contribution in [0.1, 0.15) is 57.4 Å². The van der Waals surface area contributed by atoms with E-state index < -0.39 is 29.1 Å². The highest BCUT2D eigenvalue weighted by molar-refractivity contribution is 5.82. The van der Waals surface area contributed by atoms with Crippen LogP contribution in [-0.2, 0) is 4.74 Å². The van der Waals surface area contributed by atoms with Crippen molar-refractivity contribution in [2.24, 2.45) is 17.3 Å². The van der Waals surface area contributed by atoms with E-state index in [2.05, 4.69) is 40.5 Å². The molecule has 9 unspecified atom stereocenters. The van der Waals surface area contributed by atoms with Gasteiger partial charge in [-0.2, -0.15) is 15.4 Å². The third-order valence-electron chi connectivity index (χ3n) is 10.8. The number of nitrogens with zero attached hydrogens (tertiary/aromatic N) is 3. The van der Waals surface area contributed by atoms with Crippen LogP contribution in [0.25, 0.3) is 16.6 Å². The molecule has 3 heterocycles. The monoisotopic (exact) mass is 482 g/mol. The fourth-order valence-electron chi connectivity index (χ4n) is 9.02. The number of likely N-dealkylation sites (N-methyl/N-ethyl adjacent to an activating group) is 1. The van der Waals surface area contributed by atoms with Gasteiger partial charge in [0.1, 0.15) is 22.3 Å². The highest BCUT2D eigenvalue weighted by Gasteiger charge is 2.77. The molecule has 2 aromatic rings. The third-order valence-corrected chi connectivity index (χ3v) is 10.8. The van der Waals surface area contributed by atoms with Gasteiger partial charge in [-0.15, -0.1) is 0 Å². The van der Waals surface area contributed by atoms with Crippen molar-refractivity contribution in [3.63, 3.8) is 0 Å². The summed E-state index contributed by atoms with van der Waals surface area (Å²) >= 11 is 0. The van der Waals surface area contributed by atoms with Crippen molar-refractivity contribution in [1.82, 2.24) is 20.3 Å². The van der Waals surface area contributed by atoms with E-state index in [4.69, 9.17) is 4.74 Å². The van der Waals surface area contributed by atoms with Crippen molar-refractivity contribution < 1.29 is 19.3 Å². The van der Waals surface area contributed by atoms with Crippen LogP contribution in [0.5, 0.6) is 0 Å². The van der Waals surface area contributed by atoms with Gasteiger partial charge in [0.05, 0.1) is 17.8 Å². The Kier molecular flexibility index (Phi) is 4.41. The second kappa shape index (κ2) is 6.91. The zero-order chi connectivity index (χ0) is 24.4. The van der Waals surface area contributed by atoms with Gasteiger partial charge >= 0.3 is 0 Å². The fourth-order valence-corrected chi connectivity index (χ4v) is 9.02. The number of benzene rings is 1. The molecule has 5 aliphatic rings. The van der Waals surface area contributed by atoms with E-state index in [1.807, 2.05) is 25.1 Å². The van der Waals surface area contributed by atoms with Crippen LogP contribution in [0, 0.1) is 17.3 Å². The number of aromatic nitrogens is 3. The number of halogens is 1. The largest absolute Gasteiger partial charge is 0.390 e. The molecular weight excluding hydrogens is 447 g/mol. The van der Waals surface area contributed by atoms with Gasteiger partial charge in [0.2, 0.25) is 0 Å². The molecule has 0 amide bonds. The minimum absolute atomic E-state index is 0.0406. The molecule has 2 saturated carbocycles. The molecule has 2 saturated heterocycles. The standard InChI is InChI=1S/C27H35FN4O3/c1-24-8-10-26(28)13-17-22(33)23(34)20(32(2)3)14-25(17)9-11-27(26,35-25)21(24)7-5-16(24)15-4-6-18-19(12-15)30-31-29-18/h4-6,12,17,20-23,33-34H,7-11,13-14H2,1-3H3,(H,29,30,31). The number of nitrogens with one attached hydrogen (secondary N) is 1. The molecule has 2 aliphatic heterocycles. The Balaban J connectivity index is 1.28. The van der Waals surface area contributed by atoms with Crippen LogP contribution in [0.2, 0.25) is 0 Å². The Morgan fingerprint density at radius 2 is 1.86 bits per heavy atom. The number of allylic oxidation sites excluding steroid dienone is 2. The zero-order valence-corrected chi connectivity index (χ0v) is 20.7. The summed E-state index contributed by atoms with van der Waals surface area (Å²) in [5.41, 5.74) is 0.948. The molecule has 8 heteroatoms. The molecule has 188 valence electrons. The first-order valence-electron chi connectivity index (χ1n) is 13.1. The van der Waals surface area contributed by atoms with E-state index >= 15 is 4.39 Å². The predicted octanol–water partition coefficient (Wildman–Crippen LogP) is 3.23. The zero-order valence-electron chi connectivity index (χ0n) is 20.7.